The zero-order valence-corrected chi connectivity index (χ0v) is 10.8. The summed E-state index contributed by atoms with van der Waals surface area (Å²) in [6.07, 6.45) is 0. The lowest BCUT2D eigenvalue weighted by Gasteiger charge is -2.11. The van der Waals surface area contributed by atoms with Crippen LogP contribution in [0, 0.1) is 5.82 Å². The van der Waals surface area contributed by atoms with Gasteiger partial charge in [0.25, 0.3) is 0 Å². The van der Waals surface area contributed by atoms with Crippen molar-refractivity contribution >= 4 is 28.9 Å². The first kappa shape index (κ1) is 13.0. The van der Waals surface area contributed by atoms with Crippen LogP contribution >= 0.6 is 23.2 Å². The van der Waals surface area contributed by atoms with Crippen LogP contribution < -0.4 is 10.5 Å². The number of nitrogens with two attached hydrogens (primary N) is 1. The van der Waals surface area contributed by atoms with Crippen molar-refractivity contribution in [2.24, 2.45) is 0 Å². The number of halogens is 3. The van der Waals surface area contributed by atoms with Gasteiger partial charge in [0.15, 0.2) is 5.75 Å². The van der Waals surface area contributed by atoms with Gasteiger partial charge in [0.2, 0.25) is 0 Å². The molecule has 0 unspecified atom stereocenters. The number of anilines is 1. The highest BCUT2D eigenvalue weighted by molar-refractivity contribution is 6.32. The van der Waals surface area contributed by atoms with Crippen LogP contribution in [0.15, 0.2) is 36.4 Å². The molecule has 0 saturated heterocycles. The fraction of sp³-hybridized carbons (Fsp3) is 0.0769. The predicted molar refractivity (Wildman–Crippen MR) is 71.6 cm³/mol. The second-order valence-corrected chi connectivity index (χ2v) is 4.50. The Labute approximate surface area is 114 Å². The number of ether oxygens (including phenoxy) is 1. The second kappa shape index (κ2) is 5.46. The third-order valence-corrected chi connectivity index (χ3v) is 3.03. The molecule has 2 aromatic carbocycles. The molecule has 0 saturated carbocycles. The van der Waals surface area contributed by atoms with Gasteiger partial charge in [-0.05, 0) is 24.3 Å². The Morgan fingerprint density at radius 1 is 1.11 bits per heavy atom. The number of hydrogen-bond donors (Lipinski definition) is 1. The van der Waals surface area contributed by atoms with Crippen molar-refractivity contribution in [2.45, 2.75) is 6.61 Å². The first-order valence-corrected chi connectivity index (χ1v) is 5.94. The molecule has 2 N–H and O–H groups in total. The molecule has 0 atom stereocenters. The molecule has 2 aromatic rings. The maximum absolute atomic E-state index is 12.9. The lowest BCUT2D eigenvalue weighted by atomic mass is 10.2. The van der Waals surface area contributed by atoms with E-state index >= 15 is 0 Å². The van der Waals surface area contributed by atoms with Crippen LogP contribution in [0.25, 0.3) is 0 Å². The van der Waals surface area contributed by atoms with Crippen molar-refractivity contribution in [1.29, 1.82) is 0 Å². The van der Waals surface area contributed by atoms with Gasteiger partial charge in [0.1, 0.15) is 12.4 Å². The summed E-state index contributed by atoms with van der Waals surface area (Å²) >= 11 is 11.9. The molecule has 0 heterocycles. The molecule has 0 aliphatic rings. The van der Waals surface area contributed by atoms with Gasteiger partial charge >= 0.3 is 0 Å². The maximum atomic E-state index is 12.9. The largest absolute Gasteiger partial charge is 0.485 e. The third-order valence-electron chi connectivity index (χ3n) is 2.38. The summed E-state index contributed by atoms with van der Waals surface area (Å²) in [7, 11) is 0. The monoisotopic (exact) mass is 285 g/mol. The summed E-state index contributed by atoms with van der Waals surface area (Å²) in [6.45, 7) is 0.174. The third kappa shape index (κ3) is 2.86. The minimum absolute atomic E-state index is 0.174. The van der Waals surface area contributed by atoms with Gasteiger partial charge in [-0.1, -0.05) is 35.3 Å². The molecule has 18 heavy (non-hydrogen) atoms. The van der Waals surface area contributed by atoms with Gasteiger partial charge in [0, 0.05) is 5.56 Å². The summed E-state index contributed by atoms with van der Waals surface area (Å²) in [6, 6.07) is 9.21. The summed E-state index contributed by atoms with van der Waals surface area (Å²) in [4.78, 5) is 0. The highest BCUT2D eigenvalue weighted by atomic mass is 35.5. The molecule has 0 aromatic heterocycles. The molecule has 0 spiro atoms. The van der Waals surface area contributed by atoms with E-state index in [0.717, 1.165) is 0 Å². The molecule has 0 aliphatic heterocycles. The van der Waals surface area contributed by atoms with Gasteiger partial charge in [0.05, 0.1) is 15.7 Å². The van der Waals surface area contributed by atoms with E-state index in [0.29, 0.717) is 27.0 Å². The Morgan fingerprint density at radius 3 is 2.56 bits per heavy atom. The molecule has 5 heteroatoms. The van der Waals surface area contributed by atoms with Crippen LogP contribution in [0.4, 0.5) is 10.1 Å². The lowest BCUT2D eigenvalue weighted by molar-refractivity contribution is 0.308. The van der Waals surface area contributed by atoms with Crippen molar-refractivity contribution in [2.75, 3.05) is 5.73 Å². The average Bonchev–Trinajstić information content (AvgIpc) is 2.31. The van der Waals surface area contributed by atoms with E-state index in [2.05, 4.69) is 0 Å². The van der Waals surface area contributed by atoms with Crippen LogP contribution in [0.5, 0.6) is 5.75 Å². The predicted octanol–water partition coefficient (Wildman–Crippen LogP) is 4.29. The van der Waals surface area contributed by atoms with Gasteiger partial charge in [-0.15, -0.1) is 0 Å². The van der Waals surface area contributed by atoms with E-state index in [9.17, 15) is 4.39 Å². The summed E-state index contributed by atoms with van der Waals surface area (Å²) in [5.74, 6) is 0.0144. The van der Waals surface area contributed by atoms with E-state index in [4.69, 9.17) is 33.7 Å². The summed E-state index contributed by atoms with van der Waals surface area (Å²) in [5.41, 5.74) is 6.85. The smallest absolute Gasteiger partial charge is 0.161 e. The Hall–Kier alpha value is -1.45. The minimum Gasteiger partial charge on any atom is -0.485 e. The van der Waals surface area contributed by atoms with Gasteiger partial charge in [-0.2, -0.15) is 0 Å². The molecule has 2 nitrogen and oxygen atoms in total. The molecule has 0 bridgehead atoms. The number of benzene rings is 2. The summed E-state index contributed by atoms with van der Waals surface area (Å²) in [5, 5.41) is 0.730. The molecule has 0 fully saturated rings. The topological polar surface area (TPSA) is 35.2 Å². The zero-order valence-electron chi connectivity index (χ0n) is 9.29. The van der Waals surface area contributed by atoms with E-state index < -0.39 is 0 Å². The van der Waals surface area contributed by atoms with E-state index in [1.54, 1.807) is 24.3 Å². The van der Waals surface area contributed by atoms with Crippen molar-refractivity contribution in [3.8, 4) is 5.75 Å². The zero-order chi connectivity index (χ0) is 13.1. The first-order valence-electron chi connectivity index (χ1n) is 5.18. The first-order chi connectivity index (χ1) is 8.58. The van der Waals surface area contributed by atoms with E-state index in [-0.39, 0.29) is 12.4 Å². The molecule has 0 aliphatic carbocycles. The molecule has 0 radical (unpaired) electrons. The van der Waals surface area contributed by atoms with E-state index in [1.165, 1.54) is 12.1 Å². The van der Waals surface area contributed by atoms with Gasteiger partial charge in [-0.25, -0.2) is 4.39 Å². The van der Waals surface area contributed by atoms with Gasteiger partial charge < -0.3 is 10.5 Å². The molecule has 94 valence electrons. The normalized spacial score (nSPS) is 10.4. The Morgan fingerprint density at radius 2 is 1.89 bits per heavy atom. The van der Waals surface area contributed by atoms with Crippen LogP contribution in [0.2, 0.25) is 10.0 Å². The average molecular weight is 286 g/mol. The van der Waals surface area contributed by atoms with Crippen LogP contribution in [0.1, 0.15) is 5.56 Å². The fourth-order valence-corrected chi connectivity index (χ4v) is 1.92. The van der Waals surface area contributed by atoms with Crippen molar-refractivity contribution in [1.82, 2.24) is 0 Å². The highest BCUT2D eigenvalue weighted by Crippen LogP contribution is 2.31. The Bertz CT molecular complexity index is 555. The highest BCUT2D eigenvalue weighted by Gasteiger charge is 2.08. The second-order valence-electron chi connectivity index (χ2n) is 3.68. The minimum atomic E-state index is -0.388. The van der Waals surface area contributed by atoms with Crippen LogP contribution in [-0.2, 0) is 6.61 Å². The van der Waals surface area contributed by atoms with Crippen molar-refractivity contribution in [3.63, 3.8) is 0 Å². The quantitative estimate of drug-likeness (QED) is 0.854. The Kier molecular flexibility index (Phi) is 3.94. The van der Waals surface area contributed by atoms with Crippen molar-refractivity contribution in [3.05, 3.63) is 57.8 Å². The number of hydrogen-bond acceptors (Lipinski definition) is 2. The molecule has 0 amide bonds. The Balaban J connectivity index is 2.16. The molecule has 2 rings (SSSR count). The van der Waals surface area contributed by atoms with Crippen LogP contribution in [0.3, 0.4) is 0 Å². The fourth-order valence-electron chi connectivity index (χ4n) is 1.47. The maximum Gasteiger partial charge on any atom is 0.161 e. The van der Waals surface area contributed by atoms with E-state index in [1.807, 2.05) is 0 Å². The number of para-hydroxylation sites is 1. The molecular weight excluding hydrogens is 276 g/mol. The number of nitrogen functional groups attached to an aromatic ring is 1. The lowest BCUT2D eigenvalue weighted by Crippen LogP contribution is -2.00. The van der Waals surface area contributed by atoms with Gasteiger partial charge in [-0.3, -0.25) is 0 Å². The standard InChI is InChI=1S/C13H10Cl2FNO/c14-10-2-1-3-12(17)13(10)18-7-8-4-5-9(16)6-11(8)15/h1-6H,7,17H2. The van der Waals surface area contributed by atoms with Crippen LogP contribution in [-0.4, -0.2) is 0 Å². The number of rotatable bonds is 3. The SMILES string of the molecule is Nc1cccc(Cl)c1OCc1ccc(F)cc1Cl. The summed E-state index contributed by atoms with van der Waals surface area (Å²) < 4.78 is 18.4. The van der Waals surface area contributed by atoms with Crippen molar-refractivity contribution < 1.29 is 9.13 Å². The molecular formula is C13H10Cl2FNO.